The predicted octanol–water partition coefficient (Wildman–Crippen LogP) is 5.69. The molecule has 6 heteroatoms. The lowest BCUT2D eigenvalue weighted by molar-refractivity contribution is 0.415. The van der Waals surface area contributed by atoms with Crippen LogP contribution in [0.4, 0.5) is 0 Å². The van der Waals surface area contributed by atoms with E-state index in [2.05, 4.69) is 15.9 Å². The van der Waals surface area contributed by atoms with Crippen LogP contribution in [0.1, 0.15) is 16.5 Å². The molecule has 0 spiro atoms. The number of hydrogen-bond donors (Lipinski definition) is 0. The summed E-state index contributed by atoms with van der Waals surface area (Å²) >= 11 is 21.9. The van der Waals surface area contributed by atoms with Crippen molar-refractivity contribution < 1.29 is 9.15 Å². The fourth-order valence-electron chi connectivity index (χ4n) is 1.55. The molecule has 1 atom stereocenters. The molecule has 0 radical (unpaired) electrons. The van der Waals surface area contributed by atoms with Gasteiger partial charge in [-0.15, -0.1) is 11.6 Å². The van der Waals surface area contributed by atoms with Gasteiger partial charge in [-0.1, -0.05) is 23.2 Å². The van der Waals surface area contributed by atoms with E-state index in [9.17, 15) is 0 Å². The Balaban J connectivity index is 2.46. The molecule has 1 heterocycles. The van der Waals surface area contributed by atoms with Crippen LogP contribution in [0.25, 0.3) is 0 Å². The van der Waals surface area contributed by atoms with Gasteiger partial charge in [0.1, 0.15) is 5.75 Å². The molecule has 0 bridgehead atoms. The van der Waals surface area contributed by atoms with Crippen LogP contribution >= 0.6 is 50.7 Å². The van der Waals surface area contributed by atoms with E-state index in [4.69, 9.17) is 44.0 Å². The van der Waals surface area contributed by atoms with Gasteiger partial charge in [0.15, 0.2) is 4.67 Å². The van der Waals surface area contributed by atoms with Gasteiger partial charge in [0.25, 0.3) is 0 Å². The Morgan fingerprint density at radius 2 is 1.94 bits per heavy atom. The Morgan fingerprint density at radius 3 is 2.50 bits per heavy atom. The van der Waals surface area contributed by atoms with Gasteiger partial charge in [-0.05, 0) is 33.6 Å². The highest BCUT2D eigenvalue weighted by molar-refractivity contribution is 9.10. The molecule has 1 aromatic heterocycles. The minimum absolute atomic E-state index is 0.450. The third-order valence-electron chi connectivity index (χ3n) is 2.46. The Morgan fingerprint density at radius 1 is 1.22 bits per heavy atom. The molecule has 2 nitrogen and oxygen atoms in total. The predicted molar refractivity (Wildman–Crippen MR) is 77.1 cm³/mol. The van der Waals surface area contributed by atoms with Gasteiger partial charge in [0, 0.05) is 16.7 Å². The van der Waals surface area contributed by atoms with Gasteiger partial charge >= 0.3 is 0 Å². The second kappa shape index (κ2) is 5.74. The summed E-state index contributed by atoms with van der Waals surface area (Å²) in [6.07, 6.45) is 1.55. The molecule has 1 unspecified atom stereocenters. The molecule has 0 saturated carbocycles. The highest BCUT2D eigenvalue weighted by atomic mass is 79.9. The zero-order valence-corrected chi connectivity index (χ0v) is 13.1. The minimum Gasteiger partial charge on any atom is -0.495 e. The first-order chi connectivity index (χ1) is 8.54. The van der Waals surface area contributed by atoms with Crippen LogP contribution in [-0.4, -0.2) is 7.11 Å². The number of halogens is 4. The maximum Gasteiger partial charge on any atom is 0.173 e. The van der Waals surface area contributed by atoms with E-state index in [0.717, 1.165) is 5.56 Å². The number of ether oxygens (including phenoxy) is 1. The monoisotopic (exact) mass is 368 g/mol. The summed E-state index contributed by atoms with van der Waals surface area (Å²) in [6.45, 7) is 0. The summed E-state index contributed by atoms with van der Waals surface area (Å²) in [5, 5.41) is 0.501. The lowest BCUT2D eigenvalue weighted by atomic mass is 10.1. The highest BCUT2D eigenvalue weighted by Crippen LogP contribution is 2.41. The number of methoxy groups -OCH3 is 1. The third-order valence-corrected chi connectivity index (χ3v) is 4.20. The van der Waals surface area contributed by atoms with Crippen molar-refractivity contribution in [2.75, 3.05) is 7.11 Å². The van der Waals surface area contributed by atoms with Crippen LogP contribution in [0.5, 0.6) is 5.75 Å². The van der Waals surface area contributed by atoms with Gasteiger partial charge in [0.05, 0.1) is 23.8 Å². The van der Waals surface area contributed by atoms with Gasteiger partial charge in [0.2, 0.25) is 0 Å². The van der Waals surface area contributed by atoms with Crippen LogP contribution in [0.3, 0.4) is 0 Å². The van der Waals surface area contributed by atoms with E-state index in [1.54, 1.807) is 24.5 Å². The zero-order chi connectivity index (χ0) is 13.3. The first-order valence-corrected chi connectivity index (χ1v) is 6.93. The molecule has 0 saturated heterocycles. The average molecular weight is 370 g/mol. The SMILES string of the molecule is COc1cc(Cl)c(C(Cl)c2ccoc2Br)cc1Cl. The largest absolute Gasteiger partial charge is 0.495 e. The minimum atomic E-state index is -0.450. The van der Waals surface area contributed by atoms with E-state index in [1.807, 2.05) is 0 Å². The number of rotatable bonds is 3. The molecule has 2 aromatic rings. The zero-order valence-electron chi connectivity index (χ0n) is 9.22. The Labute approximate surface area is 128 Å². The van der Waals surface area contributed by atoms with E-state index in [0.29, 0.717) is 26.0 Å². The standard InChI is InChI=1S/C12H8BrCl3O2/c1-17-10-5-8(14)7(4-9(10)15)11(16)6-2-3-18-12(6)13/h2-5,11H,1H3. The smallest absolute Gasteiger partial charge is 0.173 e. The van der Waals surface area contributed by atoms with Crippen molar-refractivity contribution in [3.63, 3.8) is 0 Å². The van der Waals surface area contributed by atoms with Crippen molar-refractivity contribution in [2.24, 2.45) is 0 Å². The molecule has 1 aromatic carbocycles. The van der Waals surface area contributed by atoms with E-state index < -0.39 is 5.38 Å². The first-order valence-electron chi connectivity index (χ1n) is 4.94. The summed E-state index contributed by atoms with van der Waals surface area (Å²) in [4.78, 5) is 0. The number of furan rings is 1. The first kappa shape index (κ1) is 14.1. The van der Waals surface area contributed by atoms with Crippen LogP contribution in [0.15, 0.2) is 33.5 Å². The van der Waals surface area contributed by atoms with Gasteiger partial charge < -0.3 is 9.15 Å². The Bertz CT molecular complexity index is 568. The van der Waals surface area contributed by atoms with E-state index >= 15 is 0 Å². The molecule has 0 amide bonds. The molecule has 0 aliphatic carbocycles. The number of alkyl halides is 1. The van der Waals surface area contributed by atoms with Crippen LogP contribution in [0.2, 0.25) is 10.0 Å². The molecule has 0 N–H and O–H groups in total. The molecule has 0 aliphatic rings. The summed E-state index contributed by atoms with van der Waals surface area (Å²) in [5.74, 6) is 0.514. The second-order valence-corrected chi connectivity index (χ2v) is 5.49. The van der Waals surface area contributed by atoms with Crippen LogP contribution < -0.4 is 4.74 Å². The summed E-state index contributed by atoms with van der Waals surface area (Å²) < 4.78 is 10.8. The fourth-order valence-corrected chi connectivity index (χ4v) is 3.07. The van der Waals surface area contributed by atoms with Crippen molar-refractivity contribution in [2.45, 2.75) is 5.38 Å². The molecule has 0 fully saturated rings. The van der Waals surface area contributed by atoms with E-state index in [-0.39, 0.29) is 0 Å². The molecular weight excluding hydrogens is 362 g/mol. The average Bonchev–Trinajstić information content (AvgIpc) is 2.77. The topological polar surface area (TPSA) is 22.4 Å². The third kappa shape index (κ3) is 2.64. The van der Waals surface area contributed by atoms with Crippen molar-refractivity contribution in [1.29, 1.82) is 0 Å². The fraction of sp³-hybridized carbons (Fsp3) is 0.167. The second-order valence-electron chi connectivity index (χ2n) is 3.52. The Kier molecular flexibility index (Phi) is 4.49. The van der Waals surface area contributed by atoms with E-state index in [1.165, 1.54) is 7.11 Å². The molecule has 2 rings (SSSR count). The maximum atomic E-state index is 6.38. The highest BCUT2D eigenvalue weighted by Gasteiger charge is 2.20. The number of hydrogen-bond acceptors (Lipinski definition) is 2. The van der Waals surface area contributed by atoms with Crippen molar-refractivity contribution in [3.05, 3.63) is 50.3 Å². The lowest BCUT2D eigenvalue weighted by Gasteiger charge is -2.13. The maximum absolute atomic E-state index is 6.38. The quantitative estimate of drug-likeness (QED) is 0.648. The summed E-state index contributed by atoms with van der Waals surface area (Å²) in [7, 11) is 1.53. The summed E-state index contributed by atoms with van der Waals surface area (Å²) in [6, 6.07) is 5.11. The van der Waals surface area contributed by atoms with Crippen molar-refractivity contribution in [3.8, 4) is 5.75 Å². The molecular formula is C12H8BrCl3O2. The van der Waals surface area contributed by atoms with Crippen molar-refractivity contribution in [1.82, 2.24) is 0 Å². The lowest BCUT2D eigenvalue weighted by Crippen LogP contribution is -1.95. The Hall–Kier alpha value is -0.350. The van der Waals surface area contributed by atoms with Crippen LogP contribution in [0, 0.1) is 0 Å². The van der Waals surface area contributed by atoms with Gasteiger partial charge in [-0.2, -0.15) is 0 Å². The van der Waals surface area contributed by atoms with Crippen LogP contribution in [-0.2, 0) is 0 Å². The van der Waals surface area contributed by atoms with Crippen molar-refractivity contribution >= 4 is 50.7 Å². The van der Waals surface area contributed by atoms with Gasteiger partial charge in [-0.25, -0.2) is 0 Å². The normalized spacial score (nSPS) is 12.5. The summed E-state index contributed by atoms with van der Waals surface area (Å²) in [5.41, 5.74) is 1.49. The van der Waals surface area contributed by atoms with Gasteiger partial charge in [-0.3, -0.25) is 0 Å². The molecule has 96 valence electrons. The molecule has 18 heavy (non-hydrogen) atoms. The number of benzene rings is 1. The molecule has 0 aliphatic heterocycles.